The molecule has 0 unspecified atom stereocenters. The van der Waals surface area contributed by atoms with Crippen LogP contribution in [0.4, 0.5) is 18.0 Å². The zero-order valence-electron chi connectivity index (χ0n) is 13.0. The number of urea groups is 1. The third kappa shape index (κ3) is 5.39. The summed E-state index contributed by atoms with van der Waals surface area (Å²) in [5.74, 6) is -0.773. The van der Waals surface area contributed by atoms with Gasteiger partial charge in [0.1, 0.15) is 12.6 Å². The van der Waals surface area contributed by atoms with E-state index in [4.69, 9.17) is 0 Å². The molecule has 1 saturated heterocycles. The third-order valence-corrected chi connectivity index (χ3v) is 3.66. The molecule has 0 saturated carbocycles. The molecular weight excluding hydrogens is 325 g/mol. The SMILES string of the molecule is O=C(NCC(F)(F)F)[C@@H]1CCCN1C(=O)NCCc1ccccn1. The minimum absolute atomic E-state index is 0.337. The van der Waals surface area contributed by atoms with Crippen LogP contribution < -0.4 is 10.6 Å². The molecule has 24 heavy (non-hydrogen) atoms. The maximum absolute atomic E-state index is 12.2. The zero-order chi connectivity index (χ0) is 17.6. The summed E-state index contributed by atoms with van der Waals surface area (Å²) in [5.41, 5.74) is 0.818. The van der Waals surface area contributed by atoms with Crippen molar-refractivity contribution in [2.45, 2.75) is 31.5 Å². The van der Waals surface area contributed by atoms with Gasteiger partial charge in [0.25, 0.3) is 0 Å². The number of nitrogens with zero attached hydrogens (tertiary/aromatic N) is 2. The lowest BCUT2D eigenvalue weighted by molar-refractivity contribution is -0.140. The summed E-state index contributed by atoms with van der Waals surface area (Å²) >= 11 is 0. The standard InChI is InChI=1S/C15H19F3N4O2/c16-15(17,18)10-21-13(23)12-5-3-9-22(12)14(24)20-8-6-11-4-1-2-7-19-11/h1-2,4,7,12H,3,5-6,8-10H2,(H,20,24)(H,21,23)/t12-/m0/s1. The summed E-state index contributed by atoms with van der Waals surface area (Å²) in [7, 11) is 0. The molecule has 1 aliphatic heterocycles. The highest BCUT2D eigenvalue weighted by Gasteiger charge is 2.36. The van der Waals surface area contributed by atoms with Gasteiger partial charge in [0, 0.05) is 31.4 Å². The lowest BCUT2D eigenvalue weighted by Gasteiger charge is -2.24. The average molecular weight is 344 g/mol. The molecule has 1 atom stereocenters. The lowest BCUT2D eigenvalue weighted by Crippen LogP contribution is -2.51. The van der Waals surface area contributed by atoms with Crippen molar-refractivity contribution in [3.63, 3.8) is 0 Å². The van der Waals surface area contributed by atoms with Crippen LogP contribution in [-0.2, 0) is 11.2 Å². The Morgan fingerprint density at radius 2 is 2.08 bits per heavy atom. The van der Waals surface area contributed by atoms with Crippen molar-refractivity contribution in [3.8, 4) is 0 Å². The molecule has 0 bridgehead atoms. The number of rotatable bonds is 5. The number of alkyl halides is 3. The van der Waals surface area contributed by atoms with Gasteiger partial charge in [-0.25, -0.2) is 4.79 Å². The number of likely N-dealkylation sites (tertiary alicyclic amines) is 1. The minimum atomic E-state index is -4.47. The van der Waals surface area contributed by atoms with E-state index in [0.29, 0.717) is 32.4 Å². The van der Waals surface area contributed by atoms with Gasteiger partial charge in [-0.3, -0.25) is 9.78 Å². The zero-order valence-corrected chi connectivity index (χ0v) is 13.0. The summed E-state index contributed by atoms with van der Waals surface area (Å²) in [4.78, 5) is 29.4. The first kappa shape index (κ1) is 18.0. The van der Waals surface area contributed by atoms with Crippen molar-refractivity contribution in [1.29, 1.82) is 0 Å². The van der Waals surface area contributed by atoms with E-state index in [-0.39, 0.29) is 0 Å². The second-order valence-electron chi connectivity index (χ2n) is 5.49. The Morgan fingerprint density at radius 3 is 2.75 bits per heavy atom. The van der Waals surface area contributed by atoms with Gasteiger partial charge in [-0.1, -0.05) is 6.07 Å². The Labute approximate surface area is 137 Å². The first-order valence-corrected chi connectivity index (χ1v) is 7.65. The summed E-state index contributed by atoms with van der Waals surface area (Å²) in [6, 6.07) is 4.15. The fourth-order valence-corrected chi connectivity index (χ4v) is 2.53. The van der Waals surface area contributed by atoms with E-state index < -0.39 is 30.7 Å². The molecule has 2 N–H and O–H groups in total. The highest BCUT2D eigenvalue weighted by atomic mass is 19.4. The number of carbonyl (C=O) groups excluding carboxylic acids is 2. The molecule has 0 spiro atoms. The Bertz CT molecular complexity index is 566. The van der Waals surface area contributed by atoms with Crippen molar-refractivity contribution in [2.24, 2.45) is 0 Å². The molecule has 1 aliphatic rings. The lowest BCUT2D eigenvalue weighted by atomic mass is 10.2. The molecule has 132 valence electrons. The van der Waals surface area contributed by atoms with E-state index in [9.17, 15) is 22.8 Å². The van der Waals surface area contributed by atoms with E-state index in [2.05, 4.69) is 10.3 Å². The molecule has 6 nitrogen and oxygen atoms in total. The molecule has 2 heterocycles. The maximum Gasteiger partial charge on any atom is 0.405 e. The summed E-state index contributed by atoms with van der Waals surface area (Å²) in [6.07, 6.45) is -1.34. The number of hydrogen-bond acceptors (Lipinski definition) is 3. The molecular formula is C15H19F3N4O2. The molecule has 0 aromatic carbocycles. The number of halogens is 3. The van der Waals surface area contributed by atoms with Crippen LogP contribution in [0.3, 0.4) is 0 Å². The maximum atomic E-state index is 12.2. The van der Waals surface area contributed by atoms with Gasteiger partial charge in [0.2, 0.25) is 5.91 Å². The van der Waals surface area contributed by atoms with Crippen LogP contribution in [0.1, 0.15) is 18.5 Å². The van der Waals surface area contributed by atoms with E-state index in [0.717, 1.165) is 5.69 Å². The van der Waals surface area contributed by atoms with E-state index in [1.165, 1.54) is 4.90 Å². The molecule has 1 aromatic rings. The van der Waals surface area contributed by atoms with Gasteiger partial charge in [0.05, 0.1) is 0 Å². The van der Waals surface area contributed by atoms with Gasteiger partial charge < -0.3 is 15.5 Å². The topological polar surface area (TPSA) is 74.3 Å². The molecule has 0 radical (unpaired) electrons. The summed E-state index contributed by atoms with van der Waals surface area (Å²) < 4.78 is 36.5. The van der Waals surface area contributed by atoms with Gasteiger partial charge in [-0.2, -0.15) is 13.2 Å². The minimum Gasteiger partial charge on any atom is -0.345 e. The predicted octanol–water partition coefficient (Wildman–Crippen LogP) is 1.48. The van der Waals surface area contributed by atoms with E-state index in [1.54, 1.807) is 12.3 Å². The Balaban J connectivity index is 1.80. The molecule has 9 heteroatoms. The van der Waals surface area contributed by atoms with Gasteiger partial charge in [-0.05, 0) is 25.0 Å². The van der Waals surface area contributed by atoms with Crippen molar-refractivity contribution in [1.82, 2.24) is 20.5 Å². The van der Waals surface area contributed by atoms with Crippen LogP contribution in [0.25, 0.3) is 0 Å². The van der Waals surface area contributed by atoms with Gasteiger partial charge >= 0.3 is 12.2 Å². The second-order valence-corrected chi connectivity index (χ2v) is 5.49. The highest BCUT2D eigenvalue weighted by Crippen LogP contribution is 2.18. The van der Waals surface area contributed by atoms with Crippen LogP contribution in [0.15, 0.2) is 24.4 Å². The normalized spacial score (nSPS) is 17.6. The third-order valence-electron chi connectivity index (χ3n) is 3.66. The van der Waals surface area contributed by atoms with E-state index in [1.807, 2.05) is 17.4 Å². The van der Waals surface area contributed by atoms with Crippen molar-refractivity contribution in [3.05, 3.63) is 30.1 Å². The number of hydrogen-bond donors (Lipinski definition) is 2. The summed E-state index contributed by atoms with van der Waals surface area (Å²) in [5, 5.41) is 4.51. The Morgan fingerprint density at radius 1 is 1.29 bits per heavy atom. The van der Waals surface area contributed by atoms with Gasteiger partial charge in [0.15, 0.2) is 0 Å². The van der Waals surface area contributed by atoms with Gasteiger partial charge in [-0.15, -0.1) is 0 Å². The van der Waals surface area contributed by atoms with Crippen LogP contribution in [0.2, 0.25) is 0 Å². The van der Waals surface area contributed by atoms with Crippen LogP contribution >= 0.6 is 0 Å². The number of nitrogens with one attached hydrogen (secondary N) is 2. The van der Waals surface area contributed by atoms with Crippen LogP contribution in [-0.4, -0.2) is 53.7 Å². The molecule has 1 aromatic heterocycles. The fraction of sp³-hybridized carbons (Fsp3) is 0.533. The molecule has 1 fully saturated rings. The van der Waals surface area contributed by atoms with E-state index >= 15 is 0 Å². The Kier molecular flexibility index (Phi) is 5.99. The summed E-state index contributed by atoms with van der Waals surface area (Å²) in [6.45, 7) is -0.708. The number of aromatic nitrogens is 1. The van der Waals surface area contributed by atoms with Crippen LogP contribution in [0.5, 0.6) is 0 Å². The highest BCUT2D eigenvalue weighted by molar-refractivity contribution is 5.87. The van der Waals surface area contributed by atoms with Crippen LogP contribution in [0, 0.1) is 0 Å². The molecule has 0 aliphatic carbocycles. The smallest absolute Gasteiger partial charge is 0.345 e. The fourth-order valence-electron chi connectivity index (χ4n) is 2.53. The van der Waals surface area contributed by atoms with Crippen molar-refractivity contribution < 1.29 is 22.8 Å². The largest absolute Gasteiger partial charge is 0.405 e. The number of amides is 3. The molecule has 2 rings (SSSR count). The first-order valence-electron chi connectivity index (χ1n) is 7.65. The number of carbonyl (C=O) groups is 2. The van der Waals surface area contributed by atoms with Crippen molar-refractivity contribution >= 4 is 11.9 Å². The Hall–Kier alpha value is -2.32. The predicted molar refractivity (Wildman–Crippen MR) is 80.1 cm³/mol. The average Bonchev–Trinajstić information content (AvgIpc) is 3.02. The first-order chi connectivity index (χ1) is 11.4. The number of pyridine rings is 1. The quantitative estimate of drug-likeness (QED) is 0.850. The molecule has 3 amide bonds. The monoisotopic (exact) mass is 344 g/mol. The second kappa shape index (κ2) is 7.98. The van der Waals surface area contributed by atoms with Crippen molar-refractivity contribution in [2.75, 3.05) is 19.6 Å².